The molecule has 90 valence electrons. The van der Waals surface area contributed by atoms with Gasteiger partial charge in [0, 0.05) is 22.8 Å². The first-order valence-electron chi connectivity index (χ1n) is 5.61. The summed E-state index contributed by atoms with van der Waals surface area (Å²) in [5.74, 6) is 1.21. The van der Waals surface area contributed by atoms with E-state index in [1.54, 1.807) is 0 Å². The van der Waals surface area contributed by atoms with Crippen LogP contribution in [-0.4, -0.2) is 30.0 Å². The number of halogens is 1. The fraction of sp³-hybridized carbons (Fsp3) is 0.538. The van der Waals surface area contributed by atoms with Crippen LogP contribution in [0.25, 0.3) is 0 Å². The number of thioether (sulfide) groups is 1. The van der Waals surface area contributed by atoms with Crippen molar-refractivity contribution < 1.29 is 0 Å². The minimum Gasteiger partial charge on any atom is -0.298 e. The quantitative estimate of drug-likeness (QED) is 0.781. The van der Waals surface area contributed by atoms with Crippen molar-refractivity contribution in [3.8, 4) is 0 Å². The molecular formula is C13H20BrNS. The molecule has 0 radical (unpaired) electrons. The molecule has 0 aliphatic heterocycles. The van der Waals surface area contributed by atoms with Gasteiger partial charge in [0.1, 0.15) is 0 Å². The first-order chi connectivity index (χ1) is 7.67. The van der Waals surface area contributed by atoms with Crippen molar-refractivity contribution in [1.82, 2.24) is 4.90 Å². The Morgan fingerprint density at radius 1 is 1.31 bits per heavy atom. The van der Waals surface area contributed by atoms with Crippen LogP contribution in [0, 0.1) is 0 Å². The van der Waals surface area contributed by atoms with Crippen molar-refractivity contribution in [1.29, 1.82) is 0 Å². The summed E-state index contributed by atoms with van der Waals surface area (Å²) in [7, 11) is 2.21. The molecule has 16 heavy (non-hydrogen) atoms. The normalized spacial score (nSPS) is 13.1. The Bertz CT molecular complexity index is 299. The molecule has 0 aromatic heterocycles. The van der Waals surface area contributed by atoms with Crippen LogP contribution in [0.5, 0.6) is 0 Å². The summed E-state index contributed by atoms with van der Waals surface area (Å²) in [6, 6.07) is 9.27. The molecule has 0 aliphatic rings. The number of benzene rings is 1. The fourth-order valence-electron chi connectivity index (χ4n) is 1.76. The maximum atomic E-state index is 3.46. The molecule has 1 nitrogen and oxygen atoms in total. The van der Waals surface area contributed by atoms with Crippen LogP contribution in [0.3, 0.4) is 0 Å². The summed E-state index contributed by atoms with van der Waals surface area (Å²) in [6.45, 7) is 3.30. The Balaban J connectivity index is 2.55. The zero-order valence-corrected chi connectivity index (χ0v) is 12.6. The molecule has 0 heterocycles. The third-order valence-electron chi connectivity index (χ3n) is 2.80. The van der Waals surface area contributed by atoms with Crippen molar-refractivity contribution in [3.05, 3.63) is 34.3 Å². The van der Waals surface area contributed by atoms with E-state index in [2.05, 4.69) is 65.3 Å². The number of hydrogen-bond donors (Lipinski definition) is 0. The van der Waals surface area contributed by atoms with Gasteiger partial charge in [0.25, 0.3) is 0 Å². The molecule has 1 aromatic carbocycles. The predicted molar refractivity (Wildman–Crippen MR) is 78.1 cm³/mol. The molecule has 0 bridgehead atoms. The van der Waals surface area contributed by atoms with Crippen LogP contribution >= 0.6 is 27.7 Å². The second-order valence-electron chi connectivity index (χ2n) is 4.06. The van der Waals surface area contributed by atoms with Gasteiger partial charge in [0.15, 0.2) is 0 Å². The third kappa shape index (κ3) is 4.48. The van der Waals surface area contributed by atoms with Crippen LogP contribution in [0.2, 0.25) is 0 Å². The van der Waals surface area contributed by atoms with Gasteiger partial charge in [-0.25, -0.2) is 0 Å². The van der Waals surface area contributed by atoms with Crippen molar-refractivity contribution in [2.75, 3.05) is 19.1 Å². The highest BCUT2D eigenvalue weighted by molar-refractivity contribution is 9.10. The molecule has 0 amide bonds. The van der Waals surface area contributed by atoms with Crippen LogP contribution < -0.4 is 0 Å². The number of rotatable bonds is 6. The average Bonchev–Trinajstić information content (AvgIpc) is 2.29. The molecule has 0 aliphatic carbocycles. The van der Waals surface area contributed by atoms with Gasteiger partial charge in [0.2, 0.25) is 0 Å². The molecule has 1 aromatic rings. The standard InChI is InChI=1S/C13H20BrNS/c1-4-13(10-16-3)15(2)9-11-5-7-12(14)8-6-11/h5-8,13H,4,9-10H2,1-3H3. The lowest BCUT2D eigenvalue weighted by Crippen LogP contribution is -2.32. The monoisotopic (exact) mass is 301 g/mol. The van der Waals surface area contributed by atoms with Crippen LogP contribution in [0.4, 0.5) is 0 Å². The first-order valence-corrected chi connectivity index (χ1v) is 7.79. The van der Waals surface area contributed by atoms with E-state index in [-0.39, 0.29) is 0 Å². The zero-order valence-electron chi connectivity index (χ0n) is 10.2. The van der Waals surface area contributed by atoms with E-state index in [0.717, 1.165) is 11.0 Å². The SMILES string of the molecule is CCC(CSC)N(C)Cc1ccc(Br)cc1. The van der Waals surface area contributed by atoms with Gasteiger partial charge in [0.05, 0.1) is 0 Å². The topological polar surface area (TPSA) is 3.24 Å². The summed E-state index contributed by atoms with van der Waals surface area (Å²) in [5, 5.41) is 0. The second-order valence-corrected chi connectivity index (χ2v) is 5.89. The van der Waals surface area contributed by atoms with Crippen molar-refractivity contribution >= 4 is 27.7 Å². The summed E-state index contributed by atoms with van der Waals surface area (Å²) < 4.78 is 1.15. The molecule has 3 heteroatoms. The Labute approximate surface area is 112 Å². The first kappa shape index (κ1) is 14.1. The van der Waals surface area contributed by atoms with E-state index >= 15 is 0 Å². The van der Waals surface area contributed by atoms with Gasteiger partial charge in [-0.3, -0.25) is 4.90 Å². The molecule has 1 atom stereocenters. The van der Waals surface area contributed by atoms with Crippen molar-refractivity contribution in [2.45, 2.75) is 25.9 Å². The van der Waals surface area contributed by atoms with Crippen LogP contribution in [-0.2, 0) is 6.54 Å². The van der Waals surface area contributed by atoms with E-state index in [4.69, 9.17) is 0 Å². The van der Waals surface area contributed by atoms with E-state index in [1.165, 1.54) is 17.7 Å². The van der Waals surface area contributed by atoms with Crippen molar-refractivity contribution in [2.24, 2.45) is 0 Å². The van der Waals surface area contributed by atoms with E-state index < -0.39 is 0 Å². The van der Waals surface area contributed by atoms with Gasteiger partial charge in [-0.15, -0.1) is 0 Å². The van der Waals surface area contributed by atoms with Crippen LogP contribution in [0.1, 0.15) is 18.9 Å². The van der Waals surface area contributed by atoms with Gasteiger partial charge in [-0.2, -0.15) is 11.8 Å². The minimum absolute atomic E-state index is 0.679. The van der Waals surface area contributed by atoms with Gasteiger partial charge < -0.3 is 0 Å². The predicted octanol–water partition coefficient (Wildman–Crippen LogP) is 4.02. The van der Waals surface area contributed by atoms with E-state index in [9.17, 15) is 0 Å². The Hall–Kier alpha value is 0.01000. The molecule has 0 spiro atoms. The van der Waals surface area contributed by atoms with E-state index in [1.807, 2.05) is 11.8 Å². The summed E-state index contributed by atoms with van der Waals surface area (Å²) in [4.78, 5) is 2.44. The van der Waals surface area contributed by atoms with Crippen molar-refractivity contribution in [3.63, 3.8) is 0 Å². The Kier molecular flexibility index (Phi) is 6.47. The number of nitrogens with zero attached hydrogens (tertiary/aromatic N) is 1. The highest BCUT2D eigenvalue weighted by Gasteiger charge is 2.11. The molecule has 0 N–H and O–H groups in total. The maximum absolute atomic E-state index is 3.46. The molecule has 0 saturated heterocycles. The molecule has 0 fully saturated rings. The molecule has 1 unspecified atom stereocenters. The average molecular weight is 302 g/mol. The lowest BCUT2D eigenvalue weighted by molar-refractivity contribution is 0.248. The summed E-state index contributed by atoms with van der Waals surface area (Å²) in [6.07, 6.45) is 3.39. The summed E-state index contributed by atoms with van der Waals surface area (Å²) >= 11 is 5.39. The smallest absolute Gasteiger partial charge is 0.0233 e. The molecular weight excluding hydrogens is 282 g/mol. The van der Waals surface area contributed by atoms with Gasteiger partial charge >= 0.3 is 0 Å². The molecule has 0 saturated carbocycles. The third-order valence-corrected chi connectivity index (χ3v) is 4.05. The lowest BCUT2D eigenvalue weighted by atomic mass is 10.1. The highest BCUT2D eigenvalue weighted by atomic mass is 79.9. The fourth-order valence-corrected chi connectivity index (χ4v) is 2.90. The van der Waals surface area contributed by atoms with Gasteiger partial charge in [-0.1, -0.05) is 35.0 Å². The van der Waals surface area contributed by atoms with E-state index in [0.29, 0.717) is 6.04 Å². The Morgan fingerprint density at radius 2 is 1.94 bits per heavy atom. The minimum atomic E-state index is 0.679. The van der Waals surface area contributed by atoms with Crippen LogP contribution in [0.15, 0.2) is 28.7 Å². The zero-order chi connectivity index (χ0) is 12.0. The maximum Gasteiger partial charge on any atom is 0.0233 e. The lowest BCUT2D eigenvalue weighted by Gasteiger charge is -2.26. The molecule has 1 rings (SSSR count). The van der Waals surface area contributed by atoms with Gasteiger partial charge in [-0.05, 0) is 37.4 Å². The Morgan fingerprint density at radius 3 is 2.44 bits per heavy atom. The summed E-state index contributed by atoms with van der Waals surface area (Å²) in [5.41, 5.74) is 1.38. The second kappa shape index (κ2) is 7.36. The highest BCUT2D eigenvalue weighted by Crippen LogP contribution is 2.15. The largest absolute Gasteiger partial charge is 0.298 e. The number of hydrogen-bond acceptors (Lipinski definition) is 2.